The second-order valence-electron chi connectivity index (χ2n) is 20.7. The lowest BCUT2D eigenvalue weighted by atomic mass is 9.42. The Kier molecular flexibility index (Phi) is 17.8. The first-order valence-corrected chi connectivity index (χ1v) is 26.1. The van der Waals surface area contributed by atoms with Crippen LogP contribution in [0.4, 0.5) is 4.79 Å². The topological polar surface area (TPSA) is 211 Å². The van der Waals surface area contributed by atoms with Crippen LogP contribution in [0.5, 0.6) is 0 Å². The molecule has 4 saturated carbocycles. The van der Waals surface area contributed by atoms with Gasteiger partial charge >= 0.3 is 12.0 Å². The molecular weight excluding hydrogens is 853 g/mol. The third-order valence-electron chi connectivity index (χ3n) is 16.9. The maximum absolute atomic E-state index is 12.7. The molecule has 6 N–H and O–H groups in total. The summed E-state index contributed by atoms with van der Waals surface area (Å²) in [6.45, 7) is 7.62. The van der Waals surface area contributed by atoms with E-state index in [1.54, 1.807) is 6.08 Å². The van der Waals surface area contributed by atoms with Crippen LogP contribution >= 0.6 is 11.8 Å². The molecular formula is C49H78N4O11S. The highest BCUT2D eigenvalue weighted by molar-refractivity contribution is 8.00. The Morgan fingerprint density at radius 2 is 1.60 bits per heavy atom. The number of hydrogen-bond acceptors (Lipinski definition) is 12. The lowest BCUT2D eigenvalue weighted by Crippen LogP contribution is -2.67. The van der Waals surface area contributed by atoms with Crippen LogP contribution in [0.1, 0.15) is 136 Å². The number of carbonyl (C=O) groups is 5. The van der Waals surface area contributed by atoms with E-state index >= 15 is 0 Å². The minimum absolute atomic E-state index is 0.0101. The standard InChI is InChI=1S/C49H78N4O11S/c1-47-18-16-35(27-33(47)14-15-37-38(47)28-41(55)48(2)36(17-19-49(37,48)60)32-26-44(58)64-29-32)63-30-43(57)50-20-8-3-4-13-42(56)51-21-23-62-25-24-61-22-9-7-11-34(54)10-5-6-12-40-45-39(31-65-40)52-46(59)53-45/h26,33,35-41,45,55,60H,3-25,27-31H2,1-2H3,(H,50,57)(H,51,56)(H2,52,53,59)/t33-,35+,36-,37-,38+,39+,40+,41-,45+,47+,48+,49+/m1/s1. The molecule has 0 aromatic heterocycles. The number of nitrogens with one attached hydrogen (secondary N) is 4. The normalized spacial score (nSPS) is 35.8. The van der Waals surface area contributed by atoms with Crippen LogP contribution in [0.2, 0.25) is 0 Å². The Bertz CT molecular complexity index is 1700. The molecule has 0 unspecified atom stereocenters. The smallest absolute Gasteiger partial charge is 0.331 e. The van der Waals surface area contributed by atoms with Crippen molar-refractivity contribution in [3.63, 3.8) is 0 Å². The largest absolute Gasteiger partial charge is 0.458 e. The van der Waals surface area contributed by atoms with Gasteiger partial charge in [0.1, 0.15) is 19.0 Å². The molecule has 4 amide bonds. The average Bonchev–Trinajstić information content (AvgIpc) is 4.05. The number of aliphatic hydroxyl groups excluding tert-OH is 1. The highest BCUT2D eigenvalue weighted by Gasteiger charge is 2.70. The summed E-state index contributed by atoms with van der Waals surface area (Å²) in [5, 5.41) is 36.6. The van der Waals surface area contributed by atoms with Gasteiger partial charge in [-0.2, -0.15) is 11.8 Å². The maximum atomic E-state index is 12.7. The highest BCUT2D eigenvalue weighted by Crippen LogP contribution is 2.70. The van der Waals surface area contributed by atoms with Gasteiger partial charge in [0.2, 0.25) is 11.8 Å². The van der Waals surface area contributed by atoms with Gasteiger partial charge in [0.05, 0.1) is 49.7 Å². The van der Waals surface area contributed by atoms with E-state index in [-0.39, 0.29) is 78.4 Å². The first kappa shape index (κ1) is 50.1. The molecule has 65 heavy (non-hydrogen) atoms. The SMILES string of the molecule is C[C@]12CC[C@H](OCC(=O)NCCCCCC(=O)NCCOCCOCCCCC(=O)CCCC[C@@H]3SC[C@@H]4NC(=O)N[C@@H]43)C[C@H]1CC[C@@H]1[C@@H]2C[C@@H](O)[C@]2(C)[C@@H](C3=CC(=O)OC3)CC[C@]12O. The molecule has 366 valence electrons. The zero-order valence-corrected chi connectivity index (χ0v) is 39.9. The fourth-order valence-electron chi connectivity index (χ4n) is 13.2. The zero-order valence-electron chi connectivity index (χ0n) is 39.0. The molecule has 0 spiro atoms. The molecule has 4 aliphatic carbocycles. The van der Waals surface area contributed by atoms with Crippen molar-refractivity contribution >= 4 is 41.4 Å². The number of rotatable bonds is 26. The monoisotopic (exact) mass is 931 g/mol. The summed E-state index contributed by atoms with van der Waals surface area (Å²) < 4.78 is 22.6. The van der Waals surface area contributed by atoms with Crippen molar-refractivity contribution in [2.75, 3.05) is 58.5 Å². The molecule has 16 heteroatoms. The van der Waals surface area contributed by atoms with Crippen molar-refractivity contribution < 1.29 is 53.1 Å². The number of ether oxygens (including phenoxy) is 4. The number of cyclic esters (lactones) is 1. The molecule has 0 aromatic carbocycles. The lowest BCUT2D eigenvalue weighted by molar-refractivity contribution is -0.245. The number of urea groups is 1. The molecule has 7 rings (SSSR count). The fraction of sp³-hybridized carbons (Fsp3) is 0.857. The molecule has 6 fully saturated rings. The predicted octanol–water partition coefficient (Wildman–Crippen LogP) is 4.89. The summed E-state index contributed by atoms with van der Waals surface area (Å²) in [6.07, 6.45) is 16.1. The van der Waals surface area contributed by atoms with Crippen molar-refractivity contribution in [2.45, 2.75) is 171 Å². The second-order valence-corrected chi connectivity index (χ2v) is 21.9. The molecule has 2 saturated heterocycles. The quantitative estimate of drug-likeness (QED) is 0.0389. The first-order chi connectivity index (χ1) is 31.3. The van der Waals surface area contributed by atoms with Crippen LogP contribution in [-0.2, 0) is 38.1 Å². The summed E-state index contributed by atoms with van der Waals surface area (Å²) in [5.41, 5.74) is -0.802. The zero-order chi connectivity index (χ0) is 46.0. The molecule has 0 aromatic rings. The molecule has 7 aliphatic rings. The van der Waals surface area contributed by atoms with Crippen LogP contribution in [-0.4, -0.2) is 133 Å². The maximum Gasteiger partial charge on any atom is 0.331 e. The van der Waals surface area contributed by atoms with Gasteiger partial charge in [0.25, 0.3) is 0 Å². The van der Waals surface area contributed by atoms with E-state index in [1.807, 2.05) is 18.7 Å². The van der Waals surface area contributed by atoms with Crippen molar-refractivity contribution in [1.82, 2.24) is 21.3 Å². The summed E-state index contributed by atoms with van der Waals surface area (Å²) in [4.78, 5) is 60.6. The number of carbonyl (C=O) groups excluding carboxylic acids is 5. The van der Waals surface area contributed by atoms with E-state index in [0.717, 1.165) is 101 Å². The van der Waals surface area contributed by atoms with Gasteiger partial charge in [-0.25, -0.2) is 9.59 Å². The molecule has 15 nitrogen and oxygen atoms in total. The van der Waals surface area contributed by atoms with Gasteiger partial charge in [0, 0.05) is 61.5 Å². The third kappa shape index (κ3) is 11.9. The number of Topliss-reactive ketones (excluding diaryl/α,β-unsaturated/α-hetero) is 1. The number of amides is 4. The summed E-state index contributed by atoms with van der Waals surface area (Å²) in [7, 11) is 0. The van der Waals surface area contributed by atoms with Gasteiger partial charge in [-0.1, -0.05) is 26.7 Å². The lowest BCUT2D eigenvalue weighted by Gasteiger charge is -2.65. The fourth-order valence-corrected chi connectivity index (χ4v) is 14.7. The summed E-state index contributed by atoms with van der Waals surface area (Å²) in [6, 6.07) is 0.419. The number of aliphatic hydroxyl groups is 2. The number of thioether (sulfide) groups is 1. The van der Waals surface area contributed by atoms with Crippen LogP contribution in [0.15, 0.2) is 11.6 Å². The minimum Gasteiger partial charge on any atom is -0.458 e. The van der Waals surface area contributed by atoms with Crippen molar-refractivity contribution in [3.05, 3.63) is 11.6 Å². The van der Waals surface area contributed by atoms with Crippen molar-refractivity contribution in [3.8, 4) is 0 Å². The number of unbranched alkanes of at least 4 members (excludes halogenated alkanes) is 4. The Hall–Kier alpha value is -2.76. The van der Waals surface area contributed by atoms with Gasteiger partial charge in [-0.15, -0.1) is 0 Å². The van der Waals surface area contributed by atoms with Crippen LogP contribution < -0.4 is 21.3 Å². The molecule has 0 radical (unpaired) electrons. The number of esters is 1. The van der Waals surface area contributed by atoms with E-state index in [1.165, 1.54) is 0 Å². The number of ketones is 1. The predicted molar refractivity (Wildman–Crippen MR) is 246 cm³/mol. The summed E-state index contributed by atoms with van der Waals surface area (Å²) in [5.74, 6) is 1.46. The molecule has 12 atom stereocenters. The first-order valence-electron chi connectivity index (χ1n) is 25.1. The van der Waals surface area contributed by atoms with Crippen LogP contribution in [0.3, 0.4) is 0 Å². The van der Waals surface area contributed by atoms with E-state index < -0.39 is 17.1 Å². The second kappa shape index (κ2) is 23.0. The van der Waals surface area contributed by atoms with E-state index in [9.17, 15) is 34.2 Å². The van der Waals surface area contributed by atoms with Crippen molar-refractivity contribution in [1.29, 1.82) is 0 Å². The van der Waals surface area contributed by atoms with E-state index in [0.29, 0.717) is 88.6 Å². The van der Waals surface area contributed by atoms with Gasteiger partial charge in [-0.3, -0.25) is 14.4 Å². The minimum atomic E-state index is -0.990. The summed E-state index contributed by atoms with van der Waals surface area (Å²) >= 11 is 1.91. The number of hydrogen-bond donors (Lipinski definition) is 6. The Morgan fingerprint density at radius 3 is 2.40 bits per heavy atom. The third-order valence-corrected chi connectivity index (χ3v) is 18.5. The molecule has 3 heterocycles. The Labute approximate surface area is 390 Å². The molecule has 3 aliphatic heterocycles. The van der Waals surface area contributed by atoms with Crippen LogP contribution in [0, 0.1) is 34.5 Å². The van der Waals surface area contributed by atoms with Crippen molar-refractivity contribution in [2.24, 2.45) is 34.5 Å². The van der Waals surface area contributed by atoms with E-state index in [4.69, 9.17) is 18.9 Å². The van der Waals surface area contributed by atoms with Gasteiger partial charge < -0.3 is 50.4 Å². The van der Waals surface area contributed by atoms with Crippen LogP contribution in [0.25, 0.3) is 0 Å². The average molecular weight is 931 g/mol. The highest BCUT2D eigenvalue weighted by atomic mass is 32.2. The molecule has 0 bridgehead atoms. The van der Waals surface area contributed by atoms with E-state index in [2.05, 4.69) is 28.2 Å². The Balaban J connectivity index is 0.646. The Morgan fingerprint density at radius 1 is 0.831 bits per heavy atom. The van der Waals surface area contributed by atoms with Gasteiger partial charge in [0.15, 0.2) is 0 Å². The number of fused-ring (bicyclic) bond motifs is 6. The van der Waals surface area contributed by atoms with Gasteiger partial charge in [-0.05, 0) is 125 Å².